The van der Waals surface area contributed by atoms with E-state index in [1.807, 2.05) is 12.1 Å². The molecule has 6 aromatic carbocycles. The van der Waals surface area contributed by atoms with E-state index < -0.39 is 0 Å². The normalized spacial score (nSPS) is 17.8. The Balaban J connectivity index is 1.22. The van der Waals surface area contributed by atoms with Crippen molar-refractivity contribution in [2.45, 2.75) is 71.6 Å². The summed E-state index contributed by atoms with van der Waals surface area (Å²) in [6.07, 6.45) is 0. The largest absolute Gasteiger partial charge is 0.456 e. The first-order valence-corrected chi connectivity index (χ1v) is 18.1. The highest BCUT2D eigenvalue weighted by Crippen LogP contribution is 2.62. The van der Waals surface area contributed by atoms with Crippen molar-refractivity contribution in [2.24, 2.45) is 5.41 Å². The van der Waals surface area contributed by atoms with Gasteiger partial charge < -0.3 is 8.98 Å². The van der Waals surface area contributed by atoms with E-state index in [4.69, 9.17) is 4.42 Å². The number of furan rings is 1. The van der Waals surface area contributed by atoms with E-state index in [9.17, 15) is 0 Å². The van der Waals surface area contributed by atoms with Gasteiger partial charge in [0.1, 0.15) is 11.2 Å². The zero-order valence-electron chi connectivity index (χ0n) is 30.3. The van der Waals surface area contributed by atoms with Crippen molar-refractivity contribution in [3.05, 3.63) is 138 Å². The van der Waals surface area contributed by atoms with Crippen LogP contribution in [0.3, 0.4) is 0 Å². The van der Waals surface area contributed by atoms with Gasteiger partial charge >= 0.3 is 0 Å². The van der Waals surface area contributed by atoms with Crippen LogP contribution < -0.4 is 0 Å². The van der Waals surface area contributed by atoms with Crippen molar-refractivity contribution in [2.75, 3.05) is 0 Å². The lowest BCUT2D eigenvalue weighted by Crippen LogP contribution is -2.42. The Labute approximate surface area is 294 Å². The van der Waals surface area contributed by atoms with Crippen molar-refractivity contribution >= 4 is 43.7 Å². The van der Waals surface area contributed by atoms with Crippen molar-refractivity contribution < 1.29 is 4.42 Å². The molecule has 246 valence electrons. The van der Waals surface area contributed by atoms with E-state index in [-0.39, 0.29) is 21.7 Å². The summed E-state index contributed by atoms with van der Waals surface area (Å²) in [4.78, 5) is 0. The highest BCUT2D eigenvalue weighted by molar-refractivity contribution is 6.12. The zero-order chi connectivity index (χ0) is 34.5. The van der Waals surface area contributed by atoms with Crippen molar-refractivity contribution in [1.29, 1.82) is 0 Å². The van der Waals surface area contributed by atoms with Crippen LogP contribution in [-0.2, 0) is 16.2 Å². The third-order valence-corrected chi connectivity index (χ3v) is 13.9. The number of nitrogens with zero attached hydrogens (tertiary/aromatic N) is 1. The van der Waals surface area contributed by atoms with Crippen molar-refractivity contribution in [3.63, 3.8) is 0 Å². The number of aromatic nitrogens is 1. The summed E-state index contributed by atoms with van der Waals surface area (Å²) in [5.74, 6) is 0. The van der Waals surface area contributed by atoms with Gasteiger partial charge in [-0.2, -0.15) is 0 Å². The minimum Gasteiger partial charge on any atom is -0.456 e. The average molecular weight is 650 g/mol. The molecule has 0 aliphatic heterocycles. The molecule has 2 aromatic heterocycles. The Hall–Kier alpha value is -5.08. The Morgan fingerprint density at radius 2 is 1.04 bits per heavy atom. The van der Waals surface area contributed by atoms with E-state index in [1.165, 1.54) is 72.0 Å². The van der Waals surface area contributed by atoms with Crippen LogP contribution in [0.15, 0.2) is 120 Å². The smallest absolute Gasteiger partial charge is 0.135 e. The predicted molar refractivity (Wildman–Crippen MR) is 211 cm³/mol. The van der Waals surface area contributed by atoms with Gasteiger partial charge in [-0.3, -0.25) is 0 Å². The summed E-state index contributed by atoms with van der Waals surface area (Å²) in [6, 6.07) is 43.1. The Morgan fingerprint density at radius 3 is 1.80 bits per heavy atom. The first kappa shape index (κ1) is 29.8. The fourth-order valence-electron chi connectivity index (χ4n) is 9.73. The second-order valence-electron chi connectivity index (χ2n) is 17.1. The number of rotatable bonds is 2. The van der Waals surface area contributed by atoms with Crippen LogP contribution in [-0.4, -0.2) is 4.57 Å². The molecule has 0 atom stereocenters. The zero-order valence-corrected chi connectivity index (χ0v) is 30.3. The number of fused-ring (bicyclic) bond motifs is 10. The third-order valence-electron chi connectivity index (χ3n) is 13.9. The average Bonchev–Trinajstić information content (AvgIpc) is 3.74. The lowest BCUT2D eigenvalue weighted by atomic mass is 9.59. The molecular formula is C48H43NO. The molecule has 2 heteroatoms. The van der Waals surface area contributed by atoms with E-state index in [0.29, 0.717) is 0 Å². The van der Waals surface area contributed by atoms with Crippen molar-refractivity contribution in [3.8, 4) is 27.9 Å². The molecule has 0 amide bonds. The molecule has 2 nitrogen and oxygen atoms in total. The summed E-state index contributed by atoms with van der Waals surface area (Å²) < 4.78 is 8.67. The molecule has 0 saturated carbocycles. The van der Waals surface area contributed by atoms with Crippen LogP contribution in [0.1, 0.15) is 77.6 Å². The Morgan fingerprint density at radius 1 is 0.440 bits per heavy atom. The first-order chi connectivity index (χ1) is 23.8. The molecule has 10 rings (SSSR count). The summed E-state index contributed by atoms with van der Waals surface area (Å²) in [6.45, 7) is 19.5. The molecule has 2 heterocycles. The predicted octanol–water partition coefficient (Wildman–Crippen LogP) is 13.3. The van der Waals surface area contributed by atoms with Crippen LogP contribution in [0.25, 0.3) is 71.7 Å². The molecule has 0 radical (unpaired) electrons. The minimum atomic E-state index is -0.0725. The van der Waals surface area contributed by atoms with Crippen LogP contribution in [0.5, 0.6) is 0 Å². The summed E-state index contributed by atoms with van der Waals surface area (Å²) in [7, 11) is 0. The molecule has 0 fully saturated rings. The molecule has 0 bridgehead atoms. The van der Waals surface area contributed by atoms with Gasteiger partial charge in [0.05, 0.1) is 11.0 Å². The minimum absolute atomic E-state index is 0.0176. The Kier molecular flexibility index (Phi) is 5.59. The van der Waals surface area contributed by atoms with Crippen LogP contribution in [0.2, 0.25) is 0 Å². The van der Waals surface area contributed by atoms with Gasteiger partial charge in [0.15, 0.2) is 0 Å². The highest BCUT2D eigenvalue weighted by atomic mass is 16.3. The maximum absolute atomic E-state index is 6.13. The first-order valence-electron chi connectivity index (χ1n) is 18.1. The quantitative estimate of drug-likeness (QED) is 0.182. The molecule has 0 unspecified atom stereocenters. The number of hydrogen-bond donors (Lipinski definition) is 0. The maximum atomic E-state index is 6.13. The lowest BCUT2D eigenvalue weighted by molar-refractivity contribution is 0.125. The fourth-order valence-corrected chi connectivity index (χ4v) is 9.73. The van der Waals surface area contributed by atoms with E-state index >= 15 is 0 Å². The topological polar surface area (TPSA) is 18.1 Å². The number of para-hydroxylation sites is 1. The second-order valence-corrected chi connectivity index (χ2v) is 17.1. The summed E-state index contributed by atoms with van der Waals surface area (Å²) >= 11 is 0. The monoisotopic (exact) mass is 649 g/mol. The van der Waals surface area contributed by atoms with Crippen LogP contribution >= 0.6 is 0 Å². The maximum Gasteiger partial charge on any atom is 0.135 e. The third kappa shape index (κ3) is 3.54. The van der Waals surface area contributed by atoms with E-state index in [2.05, 4.69) is 163 Å². The molecule has 0 spiro atoms. The number of hydrogen-bond acceptors (Lipinski definition) is 1. The van der Waals surface area contributed by atoms with E-state index in [0.717, 1.165) is 21.9 Å². The van der Waals surface area contributed by atoms with Gasteiger partial charge in [0.2, 0.25) is 0 Å². The molecule has 50 heavy (non-hydrogen) atoms. The van der Waals surface area contributed by atoms with Gasteiger partial charge in [0, 0.05) is 32.6 Å². The molecular weight excluding hydrogens is 607 g/mol. The van der Waals surface area contributed by atoms with Gasteiger partial charge in [0.25, 0.3) is 0 Å². The number of benzene rings is 6. The van der Waals surface area contributed by atoms with Gasteiger partial charge in [-0.05, 0) is 115 Å². The second kappa shape index (κ2) is 9.37. The van der Waals surface area contributed by atoms with Crippen molar-refractivity contribution in [1.82, 2.24) is 4.57 Å². The molecule has 2 aliphatic carbocycles. The molecule has 0 saturated heterocycles. The summed E-state index contributed by atoms with van der Waals surface area (Å²) in [5.41, 5.74) is 16.6. The molecule has 2 aliphatic rings. The van der Waals surface area contributed by atoms with Gasteiger partial charge in [-0.1, -0.05) is 116 Å². The van der Waals surface area contributed by atoms with Crippen LogP contribution in [0, 0.1) is 5.41 Å². The lowest BCUT2D eigenvalue weighted by Gasteiger charge is -2.44. The summed E-state index contributed by atoms with van der Waals surface area (Å²) in [5, 5.41) is 4.98. The van der Waals surface area contributed by atoms with Crippen LogP contribution in [0.4, 0.5) is 0 Å². The van der Waals surface area contributed by atoms with Gasteiger partial charge in [-0.15, -0.1) is 0 Å². The SMILES string of the molecule is CC1(C)c2ccccc2-c2cc3c4cc5c(cc4n(-c4ccc(-c6ccc7oc8ccccc8c7c6)cc4)c3cc21)C(C)(C)C(C)(C)C5(C)C. The highest BCUT2D eigenvalue weighted by Gasteiger charge is 2.57. The fraction of sp³-hybridized carbons (Fsp3) is 0.250. The van der Waals surface area contributed by atoms with E-state index in [1.54, 1.807) is 0 Å². The standard InChI is InChI=1S/C48H43NO/c1-45(2)37-15-11-9-13-31(37)33-24-34-35-25-39-40(47(5,6)48(7,8)46(39,3)4)27-42(35)49(41(34)26-38(33)45)30-20-17-28(18-21-30)29-19-22-44-36(23-29)32-14-10-12-16-43(32)50-44/h9-27H,1-8H3. The molecule has 0 N–H and O–H groups in total. The van der Waals surface area contributed by atoms with Gasteiger partial charge in [-0.25, -0.2) is 0 Å². The molecule has 8 aromatic rings. The Bertz CT molecular complexity index is 2740.